The van der Waals surface area contributed by atoms with E-state index in [9.17, 15) is 9.59 Å². The first kappa shape index (κ1) is 17.6. The molecule has 0 radical (unpaired) electrons. The summed E-state index contributed by atoms with van der Waals surface area (Å²) in [5.41, 5.74) is 4.51. The van der Waals surface area contributed by atoms with E-state index in [-0.39, 0.29) is 11.6 Å². The maximum atomic E-state index is 12.4. The number of hydrogen-bond donors (Lipinski definition) is 0. The number of carbonyl (C=O) groups excluding carboxylic acids is 2. The summed E-state index contributed by atoms with van der Waals surface area (Å²) in [7, 11) is 4.12. The van der Waals surface area contributed by atoms with Crippen LogP contribution in [-0.2, 0) is 9.59 Å². The number of hydrogen-bond acceptors (Lipinski definition) is 6. The molecular formula is C21H26N4O2. The third-order valence-corrected chi connectivity index (χ3v) is 5.09. The van der Waals surface area contributed by atoms with Gasteiger partial charge in [0.25, 0.3) is 0 Å². The van der Waals surface area contributed by atoms with Crippen molar-refractivity contribution in [1.29, 1.82) is 0 Å². The first-order valence-electron chi connectivity index (χ1n) is 9.50. The van der Waals surface area contributed by atoms with Gasteiger partial charge in [-0.3, -0.25) is 9.59 Å². The Kier molecular flexibility index (Phi) is 4.42. The molecule has 0 amide bonds. The summed E-state index contributed by atoms with van der Waals surface area (Å²) in [6.07, 6.45) is 1.52. The largest absolute Gasteiger partial charge is 0.377 e. The van der Waals surface area contributed by atoms with Crippen LogP contribution in [0.2, 0.25) is 0 Å². The second-order valence-electron chi connectivity index (χ2n) is 7.56. The number of anilines is 1. The van der Waals surface area contributed by atoms with Gasteiger partial charge in [-0.25, -0.2) is 0 Å². The fourth-order valence-corrected chi connectivity index (χ4v) is 3.34. The molecule has 27 heavy (non-hydrogen) atoms. The summed E-state index contributed by atoms with van der Waals surface area (Å²) in [4.78, 5) is 32.6. The summed E-state index contributed by atoms with van der Waals surface area (Å²) in [6.45, 7) is 7.53. The Hall–Kier alpha value is -2.76. The Balaban J connectivity index is 0.000000155. The minimum atomic E-state index is 0.00546. The van der Waals surface area contributed by atoms with Crippen LogP contribution in [0, 0.1) is 6.92 Å². The van der Waals surface area contributed by atoms with E-state index in [0.29, 0.717) is 17.1 Å². The Morgan fingerprint density at radius 2 is 1.37 bits per heavy atom. The Bertz CT molecular complexity index is 843. The van der Waals surface area contributed by atoms with E-state index >= 15 is 0 Å². The molecule has 6 heteroatoms. The maximum Gasteiger partial charge on any atom is 0.227 e. The lowest BCUT2D eigenvalue weighted by molar-refractivity contribution is -0.117. The van der Waals surface area contributed by atoms with Crippen molar-refractivity contribution < 1.29 is 9.59 Å². The number of para-hydroxylation sites is 1. The Labute approximate surface area is 160 Å². The highest BCUT2D eigenvalue weighted by Crippen LogP contribution is 2.33. The molecule has 3 fully saturated rings. The smallest absolute Gasteiger partial charge is 0.227 e. The lowest BCUT2D eigenvalue weighted by Crippen LogP contribution is -2.29. The van der Waals surface area contributed by atoms with Gasteiger partial charge in [-0.15, -0.1) is 0 Å². The van der Waals surface area contributed by atoms with Crippen molar-refractivity contribution in [1.82, 2.24) is 14.7 Å². The van der Waals surface area contributed by atoms with Crippen LogP contribution in [0.1, 0.15) is 5.56 Å². The maximum absolute atomic E-state index is 12.4. The van der Waals surface area contributed by atoms with Crippen LogP contribution >= 0.6 is 0 Å². The zero-order valence-electron chi connectivity index (χ0n) is 16.2. The summed E-state index contributed by atoms with van der Waals surface area (Å²) >= 11 is 0. The zero-order valence-corrected chi connectivity index (χ0v) is 16.2. The van der Waals surface area contributed by atoms with E-state index in [1.807, 2.05) is 14.7 Å². The highest BCUT2D eigenvalue weighted by molar-refractivity contribution is 6.22. The molecule has 1 aromatic rings. The number of carbonyl (C=O) groups is 2. The van der Waals surface area contributed by atoms with Gasteiger partial charge in [0.1, 0.15) is 11.4 Å². The predicted octanol–water partition coefficient (Wildman–Crippen LogP) is 1.24. The molecule has 3 saturated heterocycles. The molecule has 0 atom stereocenters. The van der Waals surface area contributed by atoms with Crippen LogP contribution in [0.25, 0.3) is 0 Å². The fraction of sp³-hybridized carbons (Fsp3) is 0.429. The van der Waals surface area contributed by atoms with E-state index < -0.39 is 0 Å². The number of benzene rings is 1. The molecule has 142 valence electrons. The average Bonchev–Trinajstić information content (AvgIpc) is 3.47. The molecule has 6 nitrogen and oxygen atoms in total. The molecule has 1 aromatic carbocycles. The lowest BCUT2D eigenvalue weighted by Gasteiger charge is -2.21. The first-order valence-corrected chi connectivity index (χ1v) is 9.50. The van der Waals surface area contributed by atoms with E-state index in [1.54, 1.807) is 0 Å². The quantitative estimate of drug-likeness (QED) is 0.590. The number of ketones is 2. The molecular weight excluding hydrogens is 340 g/mol. The Morgan fingerprint density at radius 1 is 0.815 bits per heavy atom. The number of allylic oxidation sites excluding steroid dienone is 1. The molecule has 4 aliphatic rings. The highest BCUT2D eigenvalue weighted by atomic mass is 16.1. The third-order valence-electron chi connectivity index (χ3n) is 5.09. The first-order chi connectivity index (χ1) is 13.0. The average molecular weight is 366 g/mol. The molecule has 5 rings (SSSR count). The van der Waals surface area contributed by atoms with Gasteiger partial charge < -0.3 is 19.6 Å². The van der Waals surface area contributed by atoms with Gasteiger partial charge in [-0.2, -0.15) is 0 Å². The Morgan fingerprint density at radius 3 is 1.85 bits per heavy atom. The molecule has 1 aliphatic carbocycles. The molecule has 0 N–H and O–H groups in total. The van der Waals surface area contributed by atoms with Crippen LogP contribution in [0.5, 0.6) is 0 Å². The predicted molar refractivity (Wildman–Crippen MR) is 105 cm³/mol. The zero-order chi connectivity index (χ0) is 19.1. The van der Waals surface area contributed by atoms with Gasteiger partial charge in [0, 0.05) is 65.1 Å². The number of aryl methyl sites for hydroxylation is 1. The molecule has 3 heterocycles. The second-order valence-corrected chi connectivity index (χ2v) is 7.56. The standard InChI is InChI=1S/C12H13N3O2.C9H13N/c16-9-7-8(13-1-2-13)12(17)11(15-5-6-15)10(9)14-3-4-14;1-8-6-4-5-7-9(8)10(2)3/h7H,1-6H2;4-7H,1-3H3. The summed E-state index contributed by atoms with van der Waals surface area (Å²) in [6, 6.07) is 8.36. The van der Waals surface area contributed by atoms with Gasteiger partial charge in [0.05, 0.1) is 5.70 Å². The van der Waals surface area contributed by atoms with Gasteiger partial charge in [0.2, 0.25) is 11.6 Å². The van der Waals surface area contributed by atoms with E-state index in [2.05, 4.69) is 50.2 Å². The molecule has 0 bridgehead atoms. The van der Waals surface area contributed by atoms with Crippen molar-refractivity contribution in [2.45, 2.75) is 6.92 Å². The normalized spacial score (nSPS) is 20.3. The van der Waals surface area contributed by atoms with Gasteiger partial charge in [-0.05, 0) is 18.6 Å². The fourth-order valence-electron chi connectivity index (χ4n) is 3.34. The minimum absolute atomic E-state index is 0.00546. The molecule has 3 aliphatic heterocycles. The SMILES string of the molecule is Cc1ccccc1N(C)C.O=C1C=C(N2CC2)C(=O)C(N2CC2)=C1N1CC1. The second kappa shape index (κ2) is 6.76. The monoisotopic (exact) mass is 366 g/mol. The van der Waals surface area contributed by atoms with E-state index in [1.165, 1.54) is 17.3 Å². The van der Waals surface area contributed by atoms with E-state index in [4.69, 9.17) is 0 Å². The molecule has 0 unspecified atom stereocenters. The number of rotatable bonds is 4. The molecule has 0 saturated carbocycles. The van der Waals surface area contributed by atoms with Crippen LogP contribution in [0.4, 0.5) is 5.69 Å². The molecule has 0 spiro atoms. The summed E-state index contributed by atoms with van der Waals surface area (Å²) in [5.74, 6) is 0.0485. The summed E-state index contributed by atoms with van der Waals surface area (Å²) in [5, 5.41) is 0. The number of nitrogens with zero attached hydrogens (tertiary/aromatic N) is 4. The minimum Gasteiger partial charge on any atom is -0.377 e. The summed E-state index contributed by atoms with van der Waals surface area (Å²) < 4.78 is 0. The van der Waals surface area contributed by atoms with Crippen molar-refractivity contribution >= 4 is 17.3 Å². The van der Waals surface area contributed by atoms with Crippen molar-refractivity contribution in [3.8, 4) is 0 Å². The van der Waals surface area contributed by atoms with Crippen LogP contribution in [0.3, 0.4) is 0 Å². The van der Waals surface area contributed by atoms with Gasteiger partial charge in [0.15, 0.2) is 0 Å². The van der Waals surface area contributed by atoms with E-state index in [0.717, 1.165) is 39.3 Å². The van der Waals surface area contributed by atoms with Gasteiger partial charge >= 0.3 is 0 Å². The van der Waals surface area contributed by atoms with Gasteiger partial charge in [-0.1, -0.05) is 18.2 Å². The van der Waals surface area contributed by atoms with Crippen molar-refractivity contribution in [2.75, 3.05) is 58.3 Å². The van der Waals surface area contributed by atoms with Crippen molar-refractivity contribution in [3.05, 3.63) is 53.0 Å². The third kappa shape index (κ3) is 3.70. The van der Waals surface area contributed by atoms with Crippen LogP contribution in [0.15, 0.2) is 47.4 Å². The van der Waals surface area contributed by atoms with Crippen molar-refractivity contribution in [2.24, 2.45) is 0 Å². The van der Waals surface area contributed by atoms with Crippen molar-refractivity contribution in [3.63, 3.8) is 0 Å². The number of Topliss-reactive ketones (excluding diaryl/α,β-unsaturated/α-hetero) is 1. The van der Waals surface area contributed by atoms with Crippen LogP contribution < -0.4 is 4.90 Å². The molecule has 0 aromatic heterocycles. The lowest BCUT2D eigenvalue weighted by atomic mass is 10.0. The highest BCUT2D eigenvalue weighted by Gasteiger charge is 2.43. The van der Waals surface area contributed by atoms with Crippen LogP contribution in [-0.4, -0.2) is 79.6 Å². The topological polar surface area (TPSA) is 46.4 Å².